The Morgan fingerprint density at radius 2 is 1.83 bits per heavy atom. The van der Waals surface area contributed by atoms with E-state index in [0.717, 1.165) is 24.8 Å². The lowest BCUT2D eigenvalue weighted by atomic mass is 10.00. The van der Waals surface area contributed by atoms with Crippen molar-refractivity contribution in [1.82, 2.24) is 14.8 Å². The van der Waals surface area contributed by atoms with Crippen molar-refractivity contribution >= 4 is 34.2 Å². The summed E-state index contributed by atoms with van der Waals surface area (Å²) in [6.45, 7) is 3.21. The minimum Gasteiger partial charge on any atom is -0.338 e. The number of hydrogen-bond acceptors (Lipinski definition) is 5. The van der Waals surface area contributed by atoms with Gasteiger partial charge in [0.1, 0.15) is 6.54 Å². The number of carbonyl (C=O) groups is 3. The average Bonchev–Trinajstić information content (AvgIpc) is 3.62. The highest BCUT2D eigenvalue weighted by atomic mass is 32.1. The number of carbonyl (C=O) groups excluding carboxylic acids is 3. The number of aryl methyl sites for hydroxylation is 1. The van der Waals surface area contributed by atoms with Crippen LogP contribution in [0.4, 0.5) is 5.13 Å². The quantitative estimate of drug-likeness (QED) is 0.548. The Kier molecular flexibility index (Phi) is 6.63. The van der Waals surface area contributed by atoms with Gasteiger partial charge in [-0.2, -0.15) is 0 Å². The zero-order chi connectivity index (χ0) is 24.4. The molecule has 7 nitrogen and oxygen atoms in total. The molecule has 0 radical (unpaired) electrons. The fraction of sp³-hybridized carbons (Fsp3) is 0.333. The Labute approximate surface area is 208 Å². The summed E-state index contributed by atoms with van der Waals surface area (Å²) in [7, 11) is 0. The SMILES string of the molecule is Cc1ccccc1C(=O)N(CC(=O)Nc1nc(CC(=O)N2CCc3ccccc3C2)cs1)C1CC1. The van der Waals surface area contributed by atoms with Gasteiger partial charge in [-0.25, -0.2) is 4.98 Å². The minimum absolute atomic E-state index is 0.0150. The molecular weight excluding hydrogens is 460 g/mol. The minimum atomic E-state index is -0.279. The lowest BCUT2D eigenvalue weighted by Crippen LogP contribution is -2.39. The topological polar surface area (TPSA) is 82.6 Å². The van der Waals surface area contributed by atoms with Crippen molar-refractivity contribution in [2.24, 2.45) is 0 Å². The number of fused-ring (bicyclic) bond motifs is 1. The Balaban J connectivity index is 1.17. The monoisotopic (exact) mass is 488 g/mol. The number of aromatic nitrogens is 1. The zero-order valence-electron chi connectivity index (χ0n) is 19.7. The first-order chi connectivity index (χ1) is 17.0. The summed E-state index contributed by atoms with van der Waals surface area (Å²) in [6.07, 6.45) is 2.89. The van der Waals surface area contributed by atoms with Gasteiger partial charge in [0, 0.05) is 30.1 Å². The molecule has 5 rings (SSSR count). The second kappa shape index (κ2) is 10.00. The second-order valence-electron chi connectivity index (χ2n) is 9.18. The molecule has 0 atom stereocenters. The summed E-state index contributed by atoms with van der Waals surface area (Å²) in [5, 5.41) is 5.07. The summed E-state index contributed by atoms with van der Waals surface area (Å²) in [5.74, 6) is -0.362. The molecule has 0 unspecified atom stereocenters. The van der Waals surface area contributed by atoms with E-state index in [1.54, 1.807) is 11.0 Å². The van der Waals surface area contributed by atoms with E-state index in [-0.39, 0.29) is 36.7 Å². The first kappa shape index (κ1) is 23.2. The van der Waals surface area contributed by atoms with Gasteiger partial charge in [-0.1, -0.05) is 42.5 Å². The molecule has 1 N–H and O–H groups in total. The number of amides is 3. The first-order valence-corrected chi connectivity index (χ1v) is 12.8. The van der Waals surface area contributed by atoms with Gasteiger partial charge in [-0.15, -0.1) is 11.3 Å². The van der Waals surface area contributed by atoms with Crippen molar-refractivity contribution in [1.29, 1.82) is 0 Å². The molecule has 0 bridgehead atoms. The molecular formula is C27H28N4O3S. The van der Waals surface area contributed by atoms with Crippen LogP contribution >= 0.6 is 11.3 Å². The van der Waals surface area contributed by atoms with Gasteiger partial charge >= 0.3 is 0 Å². The predicted molar refractivity (Wildman–Crippen MR) is 135 cm³/mol. The predicted octanol–water partition coefficient (Wildman–Crippen LogP) is 3.82. The highest BCUT2D eigenvalue weighted by molar-refractivity contribution is 7.13. The Morgan fingerprint density at radius 3 is 2.60 bits per heavy atom. The third-order valence-corrected chi connectivity index (χ3v) is 7.36. The van der Waals surface area contributed by atoms with Gasteiger partial charge in [0.15, 0.2) is 5.13 Å². The lowest BCUT2D eigenvalue weighted by Gasteiger charge is -2.28. The largest absolute Gasteiger partial charge is 0.338 e. The molecule has 1 aromatic heterocycles. The van der Waals surface area contributed by atoms with Crippen LogP contribution in [0.25, 0.3) is 0 Å². The molecule has 2 aromatic carbocycles. The van der Waals surface area contributed by atoms with Crippen LogP contribution in [0.15, 0.2) is 53.9 Å². The molecule has 0 spiro atoms. The number of rotatable bonds is 7. The van der Waals surface area contributed by atoms with E-state index < -0.39 is 0 Å². The third-order valence-electron chi connectivity index (χ3n) is 6.55. The molecule has 3 aromatic rings. The highest BCUT2D eigenvalue weighted by Gasteiger charge is 2.35. The summed E-state index contributed by atoms with van der Waals surface area (Å²) >= 11 is 1.30. The number of hydrogen-bond donors (Lipinski definition) is 1. The fourth-order valence-corrected chi connectivity index (χ4v) is 5.18. The maximum atomic E-state index is 13.1. The zero-order valence-corrected chi connectivity index (χ0v) is 20.5. The van der Waals surface area contributed by atoms with E-state index in [9.17, 15) is 14.4 Å². The average molecular weight is 489 g/mol. The Bertz CT molecular complexity index is 1270. The van der Waals surface area contributed by atoms with Gasteiger partial charge in [0.05, 0.1) is 12.1 Å². The summed E-state index contributed by atoms with van der Waals surface area (Å²) in [5.41, 5.74) is 4.66. The third kappa shape index (κ3) is 5.43. The van der Waals surface area contributed by atoms with E-state index in [1.165, 1.54) is 22.5 Å². The Hall–Kier alpha value is -3.52. The maximum Gasteiger partial charge on any atom is 0.254 e. The highest BCUT2D eigenvalue weighted by Crippen LogP contribution is 2.29. The molecule has 1 aliphatic carbocycles. The van der Waals surface area contributed by atoms with Crippen LogP contribution in [0.2, 0.25) is 0 Å². The molecule has 1 aliphatic heterocycles. The Morgan fingerprint density at radius 1 is 1.09 bits per heavy atom. The van der Waals surface area contributed by atoms with Gasteiger partial charge in [0.25, 0.3) is 5.91 Å². The number of benzene rings is 2. The normalized spacial score (nSPS) is 14.8. The van der Waals surface area contributed by atoms with Crippen LogP contribution in [0.5, 0.6) is 0 Å². The molecule has 1 saturated carbocycles. The van der Waals surface area contributed by atoms with Crippen LogP contribution in [0.3, 0.4) is 0 Å². The van der Waals surface area contributed by atoms with E-state index in [4.69, 9.17) is 0 Å². The van der Waals surface area contributed by atoms with Crippen molar-refractivity contribution in [2.75, 3.05) is 18.4 Å². The number of nitrogens with zero attached hydrogens (tertiary/aromatic N) is 3. The van der Waals surface area contributed by atoms with Crippen molar-refractivity contribution in [3.63, 3.8) is 0 Å². The number of anilines is 1. The number of thiazole rings is 1. The molecule has 0 saturated heterocycles. The summed E-state index contributed by atoms with van der Waals surface area (Å²) in [6, 6.07) is 15.8. The van der Waals surface area contributed by atoms with Crippen molar-refractivity contribution in [3.05, 3.63) is 81.9 Å². The van der Waals surface area contributed by atoms with Gasteiger partial charge in [-0.3, -0.25) is 14.4 Å². The second-order valence-corrected chi connectivity index (χ2v) is 10.0. The standard InChI is InChI=1S/C27H28N4O3S/c1-18-6-2-5-9-23(18)26(34)31(22-10-11-22)16-24(32)29-27-28-21(17-35-27)14-25(33)30-13-12-19-7-3-4-8-20(19)15-30/h2-9,17,22H,10-16H2,1H3,(H,28,29,32). The van der Waals surface area contributed by atoms with Crippen LogP contribution < -0.4 is 5.32 Å². The summed E-state index contributed by atoms with van der Waals surface area (Å²) < 4.78 is 0. The van der Waals surface area contributed by atoms with Crippen LogP contribution in [0, 0.1) is 6.92 Å². The van der Waals surface area contributed by atoms with Crippen LogP contribution in [0.1, 0.15) is 45.6 Å². The van der Waals surface area contributed by atoms with E-state index in [1.807, 2.05) is 47.5 Å². The smallest absolute Gasteiger partial charge is 0.254 e. The molecule has 2 aliphatic rings. The van der Waals surface area contributed by atoms with Crippen molar-refractivity contribution in [2.45, 2.75) is 45.2 Å². The van der Waals surface area contributed by atoms with Gasteiger partial charge < -0.3 is 15.1 Å². The van der Waals surface area contributed by atoms with E-state index >= 15 is 0 Å². The molecule has 1 fully saturated rings. The van der Waals surface area contributed by atoms with Crippen LogP contribution in [-0.2, 0) is 29.0 Å². The molecule has 180 valence electrons. The number of nitrogens with one attached hydrogen (secondary N) is 1. The molecule has 8 heteroatoms. The van der Waals surface area contributed by atoms with E-state index in [0.29, 0.717) is 29.5 Å². The molecule has 2 heterocycles. The maximum absolute atomic E-state index is 13.1. The van der Waals surface area contributed by atoms with Gasteiger partial charge in [-0.05, 0) is 48.9 Å². The van der Waals surface area contributed by atoms with Gasteiger partial charge in [0.2, 0.25) is 11.8 Å². The fourth-order valence-electron chi connectivity index (χ4n) is 4.45. The molecule has 35 heavy (non-hydrogen) atoms. The van der Waals surface area contributed by atoms with Crippen LogP contribution in [-0.4, -0.2) is 51.6 Å². The van der Waals surface area contributed by atoms with Crippen molar-refractivity contribution in [3.8, 4) is 0 Å². The molecule has 3 amide bonds. The van der Waals surface area contributed by atoms with Crippen molar-refractivity contribution < 1.29 is 14.4 Å². The van der Waals surface area contributed by atoms with E-state index in [2.05, 4.69) is 22.4 Å². The first-order valence-electron chi connectivity index (χ1n) is 11.9. The summed E-state index contributed by atoms with van der Waals surface area (Å²) in [4.78, 5) is 46.6. The lowest BCUT2D eigenvalue weighted by molar-refractivity contribution is -0.131.